The van der Waals surface area contributed by atoms with E-state index in [4.69, 9.17) is 11.6 Å². The molecule has 1 aromatic heterocycles. The largest absolute Gasteiger partial charge is 0.341 e. The molecule has 2 aromatic rings. The van der Waals surface area contributed by atoms with Gasteiger partial charge in [-0.05, 0) is 24.1 Å². The zero-order valence-corrected chi connectivity index (χ0v) is 14.0. The van der Waals surface area contributed by atoms with Crippen LogP contribution in [-0.4, -0.2) is 39.5 Å². The van der Waals surface area contributed by atoms with Gasteiger partial charge in [0.15, 0.2) is 0 Å². The zero-order chi connectivity index (χ0) is 16.2. The molecule has 1 fully saturated rings. The summed E-state index contributed by atoms with van der Waals surface area (Å²) < 4.78 is 1.99. The summed E-state index contributed by atoms with van der Waals surface area (Å²) in [6.45, 7) is 2.17. The van der Waals surface area contributed by atoms with Crippen molar-refractivity contribution < 1.29 is 4.79 Å². The molecule has 0 saturated carbocycles. The van der Waals surface area contributed by atoms with E-state index >= 15 is 0 Å². The van der Waals surface area contributed by atoms with Crippen LogP contribution in [0.4, 0.5) is 0 Å². The van der Waals surface area contributed by atoms with Gasteiger partial charge >= 0.3 is 0 Å². The molecule has 1 N–H and O–H groups in total. The first-order valence-corrected chi connectivity index (χ1v) is 8.21. The second-order valence-corrected chi connectivity index (χ2v) is 6.39. The van der Waals surface area contributed by atoms with Crippen LogP contribution in [0.5, 0.6) is 0 Å². The molecule has 1 aromatic carbocycles. The fraction of sp³-hybridized carbons (Fsp3) is 0.412. The minimum atomic E-state index is 0.193. The van der Waals surface area contributed by atoms with E-state index in [9.17, 15) is 4.79 Å². The molecular formula is C17H21ClN4O. The van der Waals surface area contributed by atoms with Crippen LogP contribution in [-0.2, 0) is 24.8 Å². The number of likely N-dealkylation sites (tertiary alicyclic amines) is 1. The maximum Gasteiger partial charge on any atom is 0.224 e. The summed E-state index contributed by atoms with van der Waals surface area (Å²) in [7, 11) is 1.97. The van der Waals surface area contributed by atoms with Gasteiger partial charge < -0.3 is 14.8 Å². The molecule has 3 rings (SSSR count). The minimum Gasteiger partial charge on any atom is -0.341 e. The van der Waals surface area contributed by atoms with Crippen molar-refractivity contribution in [3.05, 3.63) is 53.1 Å². The number of aryl methyl sites for hydroxylation is 1. The molecule has 0 bridgehead atoms. The van der Waals surface area contributed by atoms with E-state index in [1.54, 1.807) is 6.20 Å². The Hall–Kier alpha value is -1.85. The van der Waals surface area contributed by atoms with Crippen molar-refractivity contribution in [3.63, 3.8) is 0 Å². The summed E-state index contributed by atoms with van der Waals surface area (Å²) in [4.78, 5) is 18.4. The number of amides is 1. The molecule has 23 heavy (non-hydrogen) atoms. The third kappa shape index (κ3) is 4.12. The second-order valence-electron chi connectivity index (χ2n) is 5.96. The predicted octanol–water partition coefficient (Wildman–Crippen LogP) is 2.01. The number of imidazole rings is 1. The van der Waals surface area contributed by atoms with Gasteiger partial charge in [0, 0.05) is 50.0 Å². The molecule has 0 spiro atoms. The van der Waals surface area contributed by atoms with E-state index in [1.807, 2.05) is 47.0 Å². The smallest absolute Gasteiger partial charge is 0.224 e. The Morgan fingerprint density at radius 2 is 2.30 bits per heavy atom. The van der Waals surface area contributed by atoms with Crippen molar-refractivity contribution in [1.29, 1.82) is 0 Å². The van der Waals surface area contributed by atoms with E-state index < -0.39 is 0 Å². The van der Waals surface area contributed by atoms with Gasteiger partial charge in [0.25, 0.3) is 0 Å². The number of rotatable bonds is 6. The first kappa shape index (κ1) is 16.0. The molecule has 2 heterocycles. The van der Waals surface area contributed by atoms with Crippen LogP contribution in [0.3, 0.4) is 0 Å². The lowest BCUT2D eigenvalue weighted by atomic mass is 10.1. The number of nitrogens with zero attached hydrogens (tertiary/aromatic N) is 3. The highest BCUT2D eigenvalue weighted by Gasteiger charge is 2.28. The van der Waals surface area contributed by atoms with Crippen molar-refractivity contribution in [2.45, 2.75) is 25.4 Å². The lowest BCUT2D eigenvalue weighted by Crippen LogP contribution is -2.33. The van der Waals surface area contributed by atoms with Gasteiger partial charge in [0.2, 0.25) is 5.91 Å². The standard InChI is InChI=1S/C17H21ClN4O/c1-21-8-6-19-16(21)11-20-15-10-17(23)22(12-15)7-5-13-3-2-4-14(18)9-13/h2-4,6,8-9,15,20H,5,7,10-12H2,1H3. The number of carbonyl (C=O) groups excluding carboxylic acids is 1. The molecule has 0 aliphatic carbocycles. The van der Waals surface area contributed by atoms with Gasteiger partial charge in [-0.15, -0.1) is 0 Å². The molecule has 122 valence electrons. The van der Waals surface area contributed by atoms with Crippen LogP contribution in [0.15, 0.2) is 36.7 Å². The molecular weight excluding hydrogens is 312 g/mol. The lowest BCUT2D eigenvalue weighted by molar-refractivity contribution is -0.127. The minimum absolute atomic E-state index is 0.193. The van der Waals surface area contributed by atoms with Gasteiger partial charge in [0.1, 0.15) is 5.82 Å². The monoisotopic (exact) mass is 332 g/mol. The van der Waals surface area contributed by atoms with Crippen LogP contribution in [0.25, 0.3) is 0 Å². The molecule has 1 amide bonds. The summed E-state index contributed by atoms with van der Waals surface area (Å²) >= 11 is 6.00. The molecule has 0 radical (unpaired) electrons. The number of aromatic nitrogens is 2. The average Bonchev–Trinajstić information content (AvgIpc) is 3.09. The number of nitrogens with one attached hydrogen (secondary N) is 1. The molecule has 1 unspecified atom stereocenters. The van der Waals surface area contributed by atoms with Crippen molar-refractivity contribution in [3.8, 4) is 0 Å². The maximum absolute atomic E-state index is 12.1. The van der Waals surface area contributed by atoms with Gasteiger partial charge in [-0.25, -0.2) is 4.98 Å². The number of carbonyl (C=O) groups is 1. The fourth-order valence-electron chi connectivity index (χ4n) is 2.88. The molecule has 1 saturated heterocycles. The van der Waals surface area contributed by atoms with Crippen molar-refractivity contribution in [2.75, 3.05) is 13.1 Å². The SMILES string of the molecule is Cn1ccnc1CNC1CC(=O)N(CCc2cccc(Cl)c2)C1. The number of hydrogen-bond donors (Lipinski definition) is 1. The van der Waals surface area contributed by atoms with Gasteiger partial charge in [0.05, 0.1) is 6.54 Å². The highest BCUT2D eigenvalue weighted by molar-refractivity contribution is 6.30. The van der Waals surface area contributed by atoms with Gasteiger partial charge in [-0.2, -0.15) is 0 Å². The first-order valence-electron chi connectivity index (χ1n) is 7.83. The Morgan fingerprint density at radius 3 is 3.04 bits per heavy atom. The fourth-order valence-corrected chi connectivity index (χ4v) is 3.10. The van der Waals surface area contributed by atoms with Gasteiger partial charge in [-0.1, -0.05) is 23.7 Å². The Kier molecular flexibility index (Phi) is 4.98. The molecule has 1 aliphatic heterocycles. The number of benzene rings is 1. The van der Waals surface area contributed by atoms with Crippen molar-refractivity contribution in [2.24, 2.45) is 7.05 Å². The predicted molar refractivity (Wildman–Crippen MR) is 90.2 cm³/mol. The highest BCUT2D eigenvalue weighted by atomic mass is 35.5. The van der Waals surface area contributed by atoms with Crippen molar-refractivity contribution >= 4 is 17.5 Å². The van der Waals surface area contributed by atoms with E-state index in [-0.39, 0.29) is 11.9 Å². The summed E-state index contributed by atoms with van der Waals surface area (Å²) in [5.74, 6) is 1.19. The van der Waals surface area contributed by atoms with Crippen LogP contribution >= 0.6 is 11.6 Å². The third-order valence-electron chi connectivity index (χ3n) is 4.24. The first-order chi connectivity index (χ1) is 11.1. The molecule has 6 heteroatoms. The Balaban J connectivity index is 1.48. The lowest BCUT2D eigenvalue weighted by Gasteiger charge is -2.17. The molecule has 1 aliphatic rings. The van der Waals surface area contributed by atoms with E-state index in [2.05, 4.69) is 10.3 Å². The van der Waals surface area contributed by atoms with Crippen LogP contribution in [0, 0.1) is 0 Å². The van der Waals surface area contributed by atoms with Crippen LogP contribution in [0.2, 0.25) is 5.02 Å². The zero-order valence-electron chi connectivity index (χ0n) is 13.2. The Labute approximate surface area is 141 Å². The third-order valence-corrected chi connectivity index (χ3v) is 4.48. The van der Waals surface area contributed by atoms with Crippen LogP contribution in [0.1, 0.15) is 17.8 Å². The van der Waals surface area contributed by atoms with Crippen molar-refractivity contribution in [1.82, 2.24) is 19.8 Å². The quantitative estimate of drug-likeness (QED) is 0.880. The van der Waals surface area contributed by atoms with E-state index in [1.165, 1.54) is 0 Å². The Morgan fingerprint density at radius 1 is 1.43 bits per heavy atom. The summed E-state index contributed by atoms with van der Waals surface area (Å²) in [6, 6.07) is 8.01. The van der Waals surface area contributed by atoms with E-state index in [0.29, 0.717) is 13.0 Å². The Bertz CT molecular complexity index is 685. The second kappa shape index (κ2) is 7.15. The molecule has 1 atom stereocenters. The normalized spacial score (nSPS) is 17.9. The maximum atomic E-state index is 12.1. The van der Waals surface area contributed by atoms with Crippen LogP contribution < -0.4 is 5.32 Å². The molecule has 5 nitrogen and oxygen atoms in total. The summed E-state index contributed by atoms with van der Waals surface area (Å²) in [5, 5.41) is 4.17. The summed E-state index contributed by atoms with van der Waals surface area (Å²) in [6.07, 6.45) is 5.10. The highest BCUT2D eigenvalue weighted by Crippen LogP contribution is 2.15. The average molecular weight is 333 g/mol. The van der Waals surface area contributed by atoms with E-state index in [0.717, 1.165) is 35.9 Å². The van der Waals surface area contributed by atoms with Gasteiger partial charge in [-0.3, -0.25) is 4.79 Å². The topological polar surface area (TPSA) is 50.2 Å². The number of halogens is 1. The number of hydrogen-bond acceptors (Lipinski definition) is 3. The summed E-state index contributed by atoms with van der Waals surface area (Å²) in [5.41, 5.74) is 1.16.